The summed E-state index contributed by atoms with van der Waals surface area (Å²) in [6.07, 6.45) is 0. The number of hydrogen-bond acceptors (Lipinski definition) is 3. The van der Waals surface area contributed by atoms with E-state index in [1.165, 1.54) is 6.07 Å². The van der Waals surface area contributed by atoms with E-state index in [9.17, 15) is 8.78 Å². The molecule has 1 aromatic heterocycles. The first kappa shape index (κ1) is 10.6. The molecular weight excluding hydrogens is 216 g/mol. The van der Waals surface area contributed by atoms with Crippen molar-refractivity contribution in [2.75, 3.05) is 0 Å². The smallest absolute Gasteiger partial charge is 0.167 e. The number of halogens is 2. The second-order valence-electron chi connectivity index (χ2n) is 3.29. The number of aryl methyl sites for hydroxylation is 1. The molecule has 0 spiro atoms. The molecule has 0 atom stereocenters. The SMILES string of the molecule is Cc1cc(COc2ccc(F)cc2F)no1. The zero-order valence-electron chi connectivity index (χ0n) is 8.54. The number of ether oxygens (including phenoxy) is 1. The molecule has 3 nitrogen and oxygen atoms in total. The average molecular weight is 225 g/mol. The van der Waals surface area contributed by atoms with Crippen molar-refractivity contribution >= 4 is 0 Å². The van der Waals surface area contributed by atoms with Crippen LogP contribution in [0.25, 0.3) is 0 Å². The summed E-state index contributed by atoms with van der Waals surface area (Å²) >= 11 is 0. The zero-order chi connectivity index (χ0) is 11.5. The van der Waals surface area contributed by atoms with Crippen molar-refractivity contribution < 1.29 is 18.0 Å². The largest absolute Gasteiger partial charge is 0.484 e. The van der Waals surface area contributed by atoms with Crippen LogP contribution >= 0.6 is 0 Å². The lowest BCUT2D eigenvalue weighted by Gasteiger charge is -2.04. The lowest BCUT2D eigenvalue weighted by molar-refractivity contribution is 0.274. The summed E-state index contributed by atoms with van der Waals surface area (Å²) < 4.78 is 35.7. The molecule has 0 aliphatic carbocycles. The molecule has 1 aromatic carbocycles. The highest BCUT2D eigenvalue weighted by Crippen LogP contribution is 2.18. The minimum Gasteiger partial charge on any atom is -0.484 e. The average Bonchev–Trinajstić information content (AvgIpc) is 2.63. The number of benzene rings is 1. The van der Waals surface area contributed by atoms with Crippen LogP contribution in [0, 0.1) is 18.6 Å². The Morgan fingerprint density at radius 3 is 2.75 bits per heavy atom. The van der Waals surface area contributed by atoms with E-state index < -0.39 is 11.6 Å². The van der Waals surface area contributed by atoms with Gasteiger partial charge in [0.2, 0.25) is 0 Å². The minimum absolute atomic E-state index is 0.0120. The third-order valence-corrected chi connectivity index (χ3v) is 1.95. The highest BCUT2D eigenvalue weighted by Gasteiger charge is 2.06. The van der Waals surface area contributed by atoms with Gasteiger partial charge in [0.15, 0.2) is 11.6 Å². The van der Waals surface area contributed by atoms with Crippen molar-refractivity contribution in [2.45, 2.75) is 13.5 Å². The van der Waals surface area contributed by atoms with Gasteiger partial charge in [0.1, 0.15) is 23.9 Å². The molecule has 2 aromatic rings. The Hall–Kier alpha value is -1.91. The fourth-order valence-electron chi connectivity index (χ4n) is 1.23. The van der Waals surface area contributed by atoms with E-state index in [1.807, 2.05) is 0 Å². The Morgan fingerprint density at radius 1 is 1.31 bits per heavy atom. The van der Waals surface area contributed by atoms with E-state index in [1.54, 1.807) is 13.0 Å². The second-order valence-corrected chi connectivity index (χ2v) is 3.29. The van der Waals surface area contributed by atoms with Gasteiger partial charge in [-0.15, -0.1) is 0 Å². The molecule has 0 unspecified atom stereocenters. The molecule has 0 bridgehead atoms. The highest BCUT2D eigenvalue weighted by atomic mass is 19.1. The van der Waals surface area contributed by atoms with Crippen LogP contribution < -0.4 is 4.74 Å². The molecule has 0 aliphatic rings. The highest BCUT2D eigenvalue weighted by molar-refractivity contribution is 5.24. The molecular formula is C11H9F2NO2. The maximum atomic E-state index is 13.1. The maximum Gasteiger partial charge on any atom is 0.167 e. The van der Waals surface area contributed by atoms with Gasteiger partial charge in [0.05, 0.1) is 0 Å². The lowest BCUT2D eigenvalue weighted by Crippen LogP contribution is -1.97. The molecule has 84 valence electrons. The Balaban J connectivity index is 2.04. The summed E-state index contributed by atoms with van der Waals surface area (Å²) in [7, 11) is 0. The molecule has 16 heavy (non-hydrogen) atoms. The van der Waals surface area contributed by atoms with E-state index in [-0.39, 0.29) is 12.4 Å². The first-order valence-electron chi connectivity index (χ1n) is 4.65. The first-order chi connectivity index (χ1) is 7.65. The van der Waals surface area contributed by atoms with E-state index in [0.717, 1.165) is 12.1 Å². The van der Waals surface area contributed by atoms with Crippen molar-refractivity contribution in [1.29, 1.82) is 0 Å². The number of rotatable bonds is 3. The maximum absolute atomic E-state index is 13.1. The first-order valence-corrected chi connectivity index (χ1v) is 4.65. The van der Waals surface area contributed by atoms with Crippen LogP contribution in [-0.2, 0) is 6.61 Å². The van der Waals surface area contributed by atoms with Gasteiger partial charge in [-0.25, -0.2) is 8.78 Å². The van der Waals surface area contributed by atoms with Crippen molar-refractivity contribution in [3.8, 4) is 5.75 Å². The fraction of sp³-hybridized carbons (Fsp3) is 0.182. The number of hydrogen-bond donors (Lipinski definition) is 0. The zero-order valence-corrected chi connectivity index (χ0v) is 8.54. The monoisotopic (exact) mass is 225 g/mol. The van der Waals surface area contributed by atoms with Gasteiger partial charge in [-0.3, -0.25) is 0 Å². The summed E-state index contributed by atoms with van der Waals surface area (Å²) in [4.78, 5) is 0. The Labute approximate surface area is 90.6 Å². The molecule has 0 amide bonds. The molecule has 0 N–H and O–H groups in total. The predicted octanol–water partition coefficient (Wildman–Crippen LogP) is 2.84. The van der Waals surface area contributed by atoms with Crippen LogP contribution in [0.2, 0.25) is 0 Å². The van der Waals surface area contributed by atoms with E-state index >= 15 is 0 Å². The van der Waals surface area contributed by atoms with Crippen LogP contribution in [0.4, 0.5) is 8.78 Å². The summed E-state index contributed by atoms with van der Waals surface area (Å²) in [6, 6.07) is 4.81. The van der Waals surface area contributed by atoms with E-state index in [2.05, 4.69) is 5.16 Å². The Morgan fingerprint density at radius 2 is 2.12 bits per heavy atom. The van der Waals surface area contributed by atoms with Crippen molar-refractivity contribution in [3.05, 3.63) is 47.4 Å². The molecule has 2 rings (SSSR count). The third-order valence-electron chi connectivity index (χ3n) is 1.95. The normalized spacial score (nSPS) is 10.4. The molecule has 5 heteroatoms. The van der Waals surface area contributed by atoms with Crippen LogP contribution in [0.15, 0.2) is 28.8 Å². The van der Waals surface area contributed by atoms with Gasteiger partial charge in [0, 0.05) is 12.1 Å². The van der Waals surface area contributed by atoms with Crippen molar-refractivity contribution in [2.24, 2.45) is 0 Å². The molecule has 0 saturated heterocycles. The minimum atomic E-state index is -0.736. The van der Waals surface area contributed by atoms with Crippen molar-refractivity contribution in [1.82, 2.24) is 5.16 Å². The van der Waals surface area contributed by atoms with Gasteiger partial charge in [-0.1, -0.05) is 5.16 Å². The second kappa shape index (κ2) is 4.30. The fourth-order valence-corrected chi connectivity index (χ4v) is 1.23. The molecule has 1 heterocycles. The summed E-state index contributed by atoms with van der Waals surface area (Å²) in [5.74, 6) is -0.734. The van der Waals surface area contributed by atoms with Gasteiger partial charge in [-0.2, -0.15) is 0 Å². The number of nitrogens with zero attached hydrogens (tertiary/aromatic N) is 1. The van der Waals surface area contributed by atoms with Crippen LogP contribution in [0.3, 0.4) is 0 Å². The van der Waals surface area contributed by atoms with Gasteiger partial charge in [-0.05, 0) is 19.1 Å². The van der Waals surface area contributed by atoms with Crippen LogP contribution in [-0.4, -0.2) is 5.16 Å². The summed E-state index contributed by atoms with van der Waals surface area (Å²) in [5.41, 5.74) is 0.557. The van der Waals surface area contributed by atoms with Gasteiger partial charge >= 0.3 is 0 Å². The quantitative estimate of drug-likeness (QED) is 0.805. The van der Waals surface area contributed by atoms with Gasteiger partial charge < -0.3 is 9.26 Å². The molecule has 0 saturated carbocycles. The standard InChI is InChI=1S/C11H9F2NO2/c1-7-4-9(14-16-7)6-15-11-3-2-8(12)5-10(11)13/h2-5H,6H2,1H3. The molecule has 0 aliphatic heterocycles. The predicted molar refractivity (Wildman–Crippen MR) is 51.9 cm³/mol. The number of aromatic nitrogens is 1. The van der Waals surface area contributed by atoms with Crippen LogP contribution in [0.1, 0.15) is 11.5 Å². The van der Waals surface area contributed by atoms with Crippen molar-refractivity contribution in [3.63, 3.8) is 0 Å². The summed E-state index contributed by atoms with van der Waals surface area (Å²) in [5, 5.41) is 3.68. The van der Waals surface area contributed by atoms with Gasteiger partial charge in [0.25, 0.3) is 0 Å². The topological polar surface area (TPSA) is 35.3 Å². The molecule has 0 radical (unpaired) electrons. The lowest BCUT2D eigenvalue weighted by atomic mass is 10.3. The van der Waals surface area contributed by atoms with E-state index in [0.29, 0.717) is 11.5 Å². The Kier molecular flexibility index (Phi) is 2.85. The van der Waals surface area contributed by atoms with Crippen LogP contribution in [0.5, 0.6) is 5.75 Å². The van der Waals surface area contributed by atoms with E-state index in [4.69, 9.17) is 9.26 Å². The summed E-state index contributed by atoms with van der Waals surface area (Å²) in [6.45, 7) is 1.83. The Bertz CT molecular complexity index is 496. The molecule has 0 fully saturated rings. The third kappa shape index (κ3) is 2.36.